The van der Waals surface area contributed by atoms with Crippen LogP contribution < -0.4 is 9.80 Å². The first kappa shape index (κ1) is 34.5. The second kappa shape index (κ2) is 13.6. The molecule has 4 heteroatoms. The number of fused-ring (bicyclic) bond motifs is 13. The number of benzene rings is 11. The molecule has 0 saturated heterocycles. The fourth-order valence-electron chi connectivity index (χ4n) is 9.60. The third-order valence-corrected chi connectivity index (χ3v) is 12.5. The molecule has 0 atom stereocenters. The third kappa shape index (κ3) is 5.40. The highest BCUT2D eigenvalue weighted by Crippen LogP contribution is 2.45. The average Bonchev–Trinajstić information content (AvgIpc) is 3.91. The molecule has 0 radical (unpaired) electrons. The summed E-state index contributed by atoms with van der Waals surface area (Å²) in [5.41, 5.74) is 9.96. The van der Waals surface area contributed by atoms with Gasteiger partial charge in [0.15, 0.2) is 0 Å². The van der Waals surface area contributed by atoms with Crippen LogP contribution in [-0.2, 0) is 0 Å². The summed E-state index contributed by atoms with van der Waals surface area (Å²) in [4.78, 5) is 4.65. The molecule has 0 unspecified atom stereocenters. The van der Waals surface area contributed by atoms with Gasteiger partial charge in [0, 0.05) is 61.1 Å². The van der Waals surface area contributed by atoms with Crippen molar-refractivity contribution in [2.75, 3.05) is 9.80 Å². The third-order valence-electron chi connectivity index (χ3n) is 12.5. The molecule has 11 aromatic carbocycles. The standard InChI is InChI=1S/C58H36N2O2/c1-3-15-43(16-4-1)59(45-23-19-37-11-7-9-13-39(37)33-45)47-25-29-49-41(35-47)21-27-51-52-31-32-54-55(58(52)62-56(49)51)53-28-22-42-36-48(26-30-50(42)57(53)61-54)60(44-17-5-2-6-18-44)46-24-20-38-12-8-10-14-40(38)34-46/h1-36H. The number of nitrogens with zero attached hydrogens (tertiary/aromatic N) is 2. The molecular formula is C58H36N2O2. The molecule has 0 aliphatic carbocycles. The molecule has 13 aromatic rings. The molecular weight excluding hydrogens is 757 g/mol. The summed E-state index contributed by atoms with van der Waals surface area (Å²) in [7, 11) is 0. The highest BCUT2D eigenvalue weighted by Gasteiger charge is 2.21. The summed E-state index contributed by atoms with van der Waals surface area (Å²) in [6.07, 6.45) is 0. The number of hydrogen-bond donors (Lipinski definition) is 0. The molecule has 0 aliphatic heterocycles. The molecule has 0 saturated carbocycles. The van der Waals surface area contributed by atoms with Crippen LogP contribution in [0, 0.1) is 0 Å². The molecule has 0 spiro atoms. The van der Waals surface area contributed by atoms with E-state index in [0.717, 1.165) is 99.5 Å². The molecule has 62 heavy (non-hydrogen) atoms. The van der Waals surface area contributed by atoms with Gasteiger partial charge in [-0.1, -0.05) is 109 Å². The fourth-order valence-corrected chi connectivity index (χ4v) is 9.60. The Morgan fingerprint density at radius 3 is 1.18 bits per heavy atom. The van der Waals surface area contributed by atoms with E-state index in [2.05, 4.69) is 228 Å². The van der Waals surface area contributed by atoms with Crippen molar-refractivity contribution < 1.29 is 8.83 Å². The van der Waals surface area contributed by atoms with Crippen molar-refractivity contribution in [1.82, 2.24) is 0 Å². The molecule has 13 rings (SSSR count). The topological polar surface area (TPSA) is 32.8 Å². The molecule has 0 bridgehead atoms. The lowest BCUT2D eigenvalue weighted by molar-refractivity contribution is 0.666. The highest BCUT2D eigenvalue weighted by molar-refractivity contribution is 6.27. The van der Waals surface area contributed by atoms with Crippen LogP contribution in [0.5, 0.6) is 0 Å². The van der Waals surface area contributed by atoms with E-state index < -0.39 is 0 Å². The lowest BCUT2D eigenvalue weighted by Crippen LogP contribution is -2.09. The molecule has 0 amide bonds. The van der Waals surface area contributed by atoms with Gasteiger partial charge in [-0.25, -0.2) is 0 Å². The Balaban J connectivity index is 0.933. The van der Waals surface area contributed by atoms with Crippen LogP contribution in [0.25, 0.3) is 87.0 Å². The van der Waals surface area contributed by atoms with E-state index in [4.69, 9.17) is 8.83 Å². The van der Waals surface area contributed by atoms with E-state index in [1.54, 1.807) is 0 Å². The van der Waals surface area contributed by atoms with Crippen molar-refractivity contribution in [3.8, 4) is 0 Å². The highest BCUT2D eigenvalue weighted by atomic mass is 16.3. The molecule has 0 aliphatic rings. The zero-order valence-electron chi connectivity index (χ0n) is 33.5. The first-order chi connectivity index (χ1) is 30.7. The number of rotatable bonds is 6. The van der Waals surface area contributed by atoms with E-state index >= 15 is 0 Å². The SMILES string of the molecule is c1ccc(N(c2ccc3ccccc3c2)c2ccc3c(ccc4c5ccc6oc7c8ccc(N(c9ccccc9)c9ccc%10ccccc%10c9)cc8ccc7c6c5oc34)c2)cc1. The van der Waals surface area contributed by atoms with Gasteiger partial charge < -0.3 is 18.6 Å². The maximum absolute atomic E-state index is 6.97. The van der Waals surface area contributed by atoms with Gasteiger partial charge in [-0.05, 0) is 142 Å². The van der Waals surface area contributed by atoms with E-state index in [1.807, 2.05) is 0 Å². The van der Waals surface area contributed by atoms with Crippen LogP contribution in [0.1, 0.15) is 0 Å². The quantitative estimate of drug-likeness (QED) is 0.168. The van der Waals surface area contributed by atoms with Crippen molar-refractivity contribution in [3.63, 3.8) is 0 Å². The van der Waals surface area contributed by atoms with E-state index in [0.29, 0.717) is 0 Å². The smallest absolute Gasteiger partial charge is 0.147 e. The minimum absolute atomic E-state index is 0.811. The molecule has 290 valence electrons. The Kier molecular flexibility index (Phi) is 7.57. The predicted molar refractivity (Wildman–Crippen MR) is 260 cm³/mol. The zero-order valence-corrected chi connectivity index (χ0v) is 33.5. The average molecular weight is 793 g/mol. The van der Waals surface area contributed by atoms with Crippen LogP contribution in [0.3, 0.4) is 0 Å². The summed E-state index contributed by atoms with van der Waals surface area (Å²) in [5.74, 6) is 0. The predicted octanol–water partition coefficient (Wildman–Crippen LogP) is 17.0. The number of anilines is 6. The van der Waals surface area contributed by atoms with Crippen LogP contribution >= 0.6 is 0 Å². The second-order valence-corrected chi connectivity index (χ2v) is 16.1. The summed E-state index contributed by atoms with van der Waals surface area (Å²) < 4.78 is 13.7. The van der Waals surface area contributed by atoms with Crippen molar-refractivity contribution >= 4 is 121 Å². The first-order valence-electron chi connectivity index (χ1n) is 21.1. The monoisotopic (exact) mass is 792 g/mol. The molecule has 2 aromatic heterocycles. The largest absolute Gasteiger partial charge is 0.455 e. The Bertz CT molecular complexity index is 3890. The minimum Gasteiger partial charge on any atom is -0.455 e. The lowest BCUT2D eigenvalue weighted by Gasteiger charge is -2.26. The molecule has 0 fully saturated rings. The summed E-state index contributed by atoms with van der Waals surface area (Å²) in [6, 6.07) is 77.9. The van der Waals surface area contributed by atoms with Crippen LogP contribution in [0.15, 0.2) is 227 Å². The van der Waals surface area contributed by atoms with Crippen molar-refractivity contribution in [2.45, 2.75) is 0 Å². The maximum atomic E-state index is 6.97. The van der Waals surface area contributed by atoms with Crippen molar-refractivity contribution in [3.05, 3.63) is 218 Å². The second-order valence-electron chi connectivity index (χ2n) is 16.1. The van der Waals surface area contributed by atoms with Crippen LogP contribution in [0.4, 0.5) is 34.1 Å². The molecule has 4 nitrogen and oxygen atoms in total. The summed E-state index contributed by atoms with van der Waals surface area (Å²) >= 11 is 0. The number of furan rings is 2. The Morgan fingerprint density at radius 2 is 0.629 bits per heavy atom. The maximum Gasteiger partial charge on any atom is 0.147 e. The normalized spacial score (nSPS) is 11.9. The fraction of sp³-hybridized carbons (Fsp3) is 0. The molecule has 0 N–H and O–H groups in total. The summed E-state index contributed by atoms with van der Waals surface area (Å²) in [6.45, 7) is 0. The van der Waals surface area contributed by atoms with Gasteiger partial charge in [-0.3, -0.25) is 0 Å². The van der Waals surface area contributed by atoms with Gasteiger partial charge in [0.05, 0.1) is 5.39 Å². The van der Waals surface area contributed by atoms with E-state index in [9.17, 15) is 0 Å². The van der Waals surface area contributed by atoms with E-state index in [1.165, 1.54) is 21.5 Å². The van der Waals surface area contributed by atoms with Gasteiger partial charge in [0.25, 0.3) is 0 Å². The molecule has 2 heterocycles. The van der Waals surface area contributed by atoms with Gasteiger partial charge in [0.1, 0.15) is 22.3 Å². The van der Waals surface area contributed by atoms with Gasteiger partial charge >= 0.3 is 0 Å². The zero-order chi connectivity index (χ0) is 40.7. The number of hydrogen-bond acceptors (Lipinski definition) is 4. The Morgan fingerprint density at radius 1 is 0.242 bits per heavy atom. The van der Waals surface area contributed by atoms with Gasteiger partial charge in [-0.2, -0.15) is 0 Å². The Hall–Kier alpha value is -8.34. The van der Waals surface area contributed by atoms with Gasteiger partial charge in [0.2, 0.25) is 0 Å². The van der Waals surface area contributed by atoms with Crippen LogP contribution in [-0.4, -0.2) is 0 Å². The van der Waals surface area contributed by atoms with Crippen LogP contribution in [0.2, 0.25) is 0 Å². The number of para-hydroxylation sites is 2. The lowest BCUT2D eigenvalue weighted by atomic mass is 10.0. The van der Waals surface area contributed by atoms with Crippen molar-refractivity contribution in [1.29, 1.82) is 0 Å². The Labute approximate surface area is 356 Å². The summed E-state index contributed by atoms with van der Waals surface area (Å²) in [5, 5.41) is 13.4. The van der Waals surface area contributed by atoms with Gasteiger partial charge in [-0.15, -0.1) is 0 Å². The van der Waals surface area contributed by atoms with E-state index in [-0.39, 0.29) is 0 Å². The van der Waals surface area contributed by atoms with Crippen molar-refractivity contribution in [2.24, 2.45) is 0 Å². The first-order valence-corrected chi connectivity index (χ1v) is 21.1. The minimum atomic E-state index is 0.811.